The first-order valence-corrected chi connectivity index (χ1v) is 12.1. The number of halogens is 1. The van der Waals surface area contributed by atoms with E-state index in [1.807, 2.05) is 0 Å². The topological polar surface area (TPSA) is 71.1 Å². The Morgan fingerprint density at radius 3 is 1.49 bits per heavy atom. The summed E-state index contributed by atoms with van der Waals surface area (Å²) in [5.41, 5.74) is 2.66. The number of ether oxygens (including phenoxy) is 4. The molecule has 0 saturated heterocycles. The van der Waals surface area contributed by atoms with E-state index in [-0.39, 0.29) is 16.7 Å². The predicted molar refractivity (Wildman–Crippen MR) is 153 cm³/mol. The van der Waals surface area contributed by atoms with Gasteiger partial charge in [0.05, 0.1) is 5.56 Å². The molecule has 0 bridgehead atoms. The molecule has 0 amide bonds. The van der Waals surface area contributed by atoms with Crippen molar-refractivity contribution >= 4 is 11.9 Å². The lowest BCUT2D eigenvalue weighted by molar-refractivity contribution is -0.134. The van der Waals surface area contributed by atoms with Crippen molar-refractivity contribution in [3.63, 3.8) is 0 Å². The third-order valence-electron chi connectivity index (χ3n) is 4.94. The van der Waals surface area contributed by atoms with E-state index in [2.05, 4.69) is 36.8 Å². The fourth-order valence-corrected chi connectivity index (χ4v) is 2.80. The van der Waals surface area contributed by atoms with Crippen molar-refractivity contribution in [1.82, 2.24) is 0 Å². The van der Waals surface area contributed by atoms with Crippen molar-refractivity contribution in [1.29, 1.82) is 0 Å². The van der Waals surface area contributed by atoms with E-state index >= 15 is 0 Å². The van der Waals surface area contributed by atoms with Crippen LogP contribution in [0.15, 0.2) is 116 Å². The Morgan fingerprint density at radius 1 is 0.634 bits per heavy atom. The van der Waals surface area contributed by atoms with Gasteiger partial charge in [0.25, 0.3) is 0 Å². The summed E-state index contributed by atoms with van der Waals surface area (Å²) >= 11 is 0. The van der Waals surface area contributed by atoms with Crippen LogP contribution in [0.5, 0.6) is 11.5 Å². The Kier molecular flexibility index (Phi) is 10.9. The Labute approximate surface area is 238 Å². The lowest BCUT2D eigenvalue weighted by Gasteiger charge is -2.01. The average Bonchev–Trinajstić information content (AvgIpc) is 2.96. The van der Waals surface area contributed by atoms with Crippen molar-refractivity contribution in [2.24, 2.45) is 0 Å². The number of hydrogen-bond donors (Lipinski definition) is 0. The van der Waals surface area contributed by atoms with Crippen LogP contribution < -0.4 is 9.47 Å². The highest BCUT2D eigenvalue weighted by Crippen LogP contribution is 2.14. The van der Waals surface area contributed by atoms with Crippen molar-refractivity contribution in [2.75, 3.05) is 0 Å². The van der Waals surface area contributed by atoms with Crippen LogP contribution in [-0.2, 0) is 19.1 Å². The van der Waals surface area contributed by atoms with Crippen LogP contribution in [-0.4, -0.2) is 11.9 Å². The van der Waals surface area contributed by atoms with Gasteiger partial charge in [-0.05, 0) is 80.6 Å². The zero-order chi connectivity index (χ0) is 29.6. The lowest BCUT2D eigenvalue weighted by Crippen LogP contribution is -1.99. The van der Waals surface area contributed by atoms with Crippen LogP contribution in [0.4, 0.5) is 4.39 Å². The molecule has 0 spiro atoms. The van der Waals surface area contributed by atoms with E-state index in [1.165, 1.54) is 18.6 Å². The molecule has 204 valence electrons. The van der Waals surface area contributed by atoms with Gasteiger partial charge in [0.1, 0.15) is 42.4 Å². The summed E-state index contributed by atoms with van der Waals surface area (Å²) in [6.07, 6.45) is 4.73. The molecule has 6 nitrogen and oxygen atoms in total. The molecule has 0 aliphatic carbocycles. The summed E-state index contributed by atoms with van der Waals surface area (Å²) in [4.78, 5) is 22.6. The monoisotopic (exact) mass is 548 g/mol. The molecule has 3 aromatic rings. The minimum Gasteiger partial charge on any atom is -0.462 e. The molecule has 0 saturated carbocycles. The van der Waals surface area contributed by atoms with Crippen molar-refractivity contribution in [2.45, 2.75) is 13.8 Å². The number of rotatable bonds is 8. The van der Waals surface area contributed by atoms with Gasteiger partial charge in [-0.15, -0.1) is 0 Å². The molecule has 0 heterocycles. The summed E-state index contributed by atoms with van der Waals surface area (Å²) in [6, 6.07) is 18.3. The molecule has 0 unspecified atom stereocenters. The van der Waals surface area contributed by atoms with Gasteiger partial charge in [0, 0.05) is 27.8 Å². The first-order valence-electron chi connectivity index (χ1n) is 12.1. The lowest BCUT2D eigenvalue weighted by atomic mass is 10.1. The quantitative estimate of drug-likeness (QED) is 0.137. The van der Waals surface area contributed by atoms with E-state index < -0.39 is 17.8 Å². The standard InChI is InChI=1S/C34H25FO6/c1-24(2)33(36)40-21-19-38-30-15-9-26(10-16-30)5-6-28-8-14-29(32(35)23-28)13-7-27-11-17-31(18-12-27)39-20-22-41-34(37)25(3)4/h8-12,14-23H,1,3H2,2,4H3. The van der Waals surface area contributed by atoms with Crippen LogP contribution in [0.25, 0.3) is 0 Å². The maximum absolute atomic E-state index is 14.6. The van der Waals surface area contributed by atoms with Gasteiger partial charge < -0.3 is 18.9 Å². The van der Waals surface area contributed by atoms with Gasteiger partial charge in [-0.1, -0.05) is 36.8 Å². The van der Waals surface area contributed by atoms with Crippen molar-refractivity contribution in [3.05, 3.63) is 144 Å². The fraction of sp³-hybridized carbons (Fsp3) is 0.0588. The maximum atomic E-state index is 14.6. The van der Waals surface area contributed by atoms with Crippen LogP contribution in [0, 0.1) is 29.5 Å². The summed E-state index contributed by atoms with van der Waals surface area (Å²) in [7, 11) is 0. The van der Waals surface area contributed by atoms with Gasteiger partial charge in [0.2, 0.25) is 0 Å². The Bertz CT molecular complexity index is 1620. The predicted octanol–water partition coefficient (Wildman–Crippen LogP) is 6.56. The molecular formula is C34H25FO6. The second-order valence-corrected chi connectivity index (χ2v) is 8.39. The first-order chi connectivity index (χ1) is 19.7. The van der Waals surface area contributed by atoms with Gasteiger partial charge in [-0.2, -0.15) is 0 Å². The SMILES string of the molecule is C=C(C)C(=O)OC=COc1ccc(C#Cc2ccc(C#Cc3ccc(OC=COC(=O)C(=C)C)cc3)c(F)c2)cc1. The third-order valence-corrected chi connectivity index (χ3v) is 4.94. The fourth-order valence-electron chi connectivity index (χ4n) is 2.80. The van der Waals surface area contributed by atoms with Crippen LogP contribution in [0.3, 0.4) is 0 Å². The number of benzene rings is 3. The van der Waals surface area contributed by atoms with Gasteiger partial charge >= 0.3 is 11.9 Å². The highest BCUT2D eigenvalue weighted by Gasteiger charge is 2.02. The Balaban J connectivity index is 1.55. The number of carbonyl (C=O) groups is 2. The molecule has 0 aromatic heterocycles. The molecular weight excluding hydrogens is 523 g/mol. The number of hydrogen-bond acceptors (Lipinski definition) is 6. The maximum Gasteiger partial charge on any atom is 0.338 e. The summed E-state index contributed by atoms with van der Waals surface area (Å²) in [5.74, 6) is 11.1. The highest BCUT2D eigenvalue weighted by molar-refractivity contribution is 5.87. The van der Waals surface area contributed by atoms with Crippen LogP contribution in [0.2, 0.25) is 0 Å². The summed E-state index contributed by atoms with van der Waals surface area (Å²) < 4.78 is 34.9. The van der Waals surface area contributed by atoms with E-state index in [0.29, 0.717) is 28.2 Å². The zero-order valence-electron chi connectivity index (χ0n) is 22.4. The minimum absolute atomic E-state index is 0.238. The Hall–Kier alpha value is -5.79. The molecule has 0 aliphatic rings. The van der Waals surface area contributed by atoms with Crippen molar-refractivity contribution in [3.8, 4) is 35.2 Å². The van der Waals surface area contributed by atoms with Gasteiger partial charge in [-0.3, -0.25) is 0 Å². The molecule has 0 radical (unpaired) electrons. The smallest absolute Gasteiger partial charge is 0.338 e. The van der Waals surface area contributed by atoms with Crippen LogP contribution >= 0.6 is 0 Å². The van der Waals surface area contributed by atoms with E-state index in [0.717, 1.165) is 12.5 Å². The molecule has 7 heteroatoms. The molecule has 41 heavy (non-hydrogen) atoms. The second kappa shape index (κ2) is 15.0. The molecule has 0 N–H and O–H groups in total. The average molecular weight is 549 g/mol. The largest absolute Gasteiger partial charge is 0.462 e. The molecule has 0 atom stereocenters. The molecule has 3 rings (SSSR count). The summed E-state index contributed by atoms with van der Waals surface area (Å²) in [6.45, 7) is 10.1. The molecule has 0 fully saturated rings. The van der Waals surface area contributed by atoms with E-state index in [1.54, 1.807) is 74.5 Å². The van der Waals surface area contributed by atoms with E-state index in [9.17, 15) is 14.0 Å². The van der Waals surface area contributed by atoms with E-state index in [4.69, 9.17) is 18.9 Å². The number of carbonyl (C=O) groups excluding carboxylic acids is 2. The Morgan fingerprint density at radius 2 is 1.05 bits per heavy atom. The highest BCUT2D eigenvalue weighted by atomic mass is 19.1. The van der Waals surface area contributed by atoms with Crippen molar-refractivity contribution < 1.29 is 32.9 Å². The van der Waals surface area contributed by atoms with Gasteiger partial charge in [0.15, 0.2) is 0 Å². The normalized spacial score (nSPS) is 10.1. The molecule has 3 aromatic carbocycles. The summed E-state index contributed by atoms with van der Waals surface area (Å²) in [5, 5.41) is 0. The minimum atomic E-state index is -0.545. The first kappa shape index (κ1) is 29.8. The number of esters is 2. The van der Waals surface area contributed by atoms with Crippen LogP contribution in [0.1, 0.15) is 36.1 Å². The zero-order valence-corrected chi connectivity index (χ0v) is 22.4. The second-order valence-electron chi connectivity index (χ2n) is 8.39. The third kappa shape index (κ3) is 10.1. The van der Waals surface area contributed by atoms with Gasteiger partial charge in [-0.25, -0.2) is 14.0 Å². The molecule has 0 aliphatic heterocycles.